The van der Waals surface area contributed by atoms with E-state index in [4.69, 9.17) is 11.6 Å². The van der Waals surface area contributed by atoms with Gasteiger partial charge in [-0.2, -0.15) is 5.10 Å². The highest BCUT2D eigenvalue weighted by atomic mass is 35.5. The fraction of sp³-hybridized carbons (Fsp3) is 0.154. The van der Waals surface area contributed by atoms with Crippen LogP contribution in [0.1, 0.15) is 5.56 Å². The van der Waals surface area contributed by atoms with Gasteiger partial charge in [0.1, 0.15) is 12.1 Å². The molecule has 0 unspecified atom stereocenters. The number of anilines is 1. The molecule has 0 spiro atoms. The van der Waals surface area contributed by atoms with Crippen molar-refractivity contribution in [2.24, 2.45) is 0 Å². The molecule has 5 nitrogen and oxygen atoms in total. The molecule has 3 aromatic rings. The van der Waals surface area contributed by atoms with Crippen LogP contribution in [-0.2, 0) is 6.54 Å². The highest BCUT2D eigenvalue weighted by molar-refractivity contribution is 6.31. The van der Waals surface area contributed by atoms with Gasteiger partial charge in [-0.15, -0.1) is 0 Å². The molecule has 3 rings (SSSR count). The molecular formula is C13H12ClN5. The number of rotatable bonds is 3. The van der Waals surface area contributed by atoms with Crippen LogP contribution in [0.5, 0.6) is 0 Å². The summed E-state index contributed by atoms with van der Waals surface area (Å²) < 4.78 is 1.82. The lowest BCUT2D eigenvalue weighted by Crippen LogP contribution is -2.00. The third-order valence-corrected chi connectivity index (χ3v) is 3.26. The predicted octanol–water partition coefficient (Wildman–Crippen LogP) is 2.57. The van der Waals surface area contributed by atoms with Crippen LogP contribution in [0.15, 0.2) is 36.8 Å². The average Bonchev–Trinajstić information content (AvgIpc) is 2.83. The number of halogens is 1. The summed E-state index contributed by atoms with van der Waals surface area (Å²) in [5, 5.41) is 9.09. The molecule has 6 heteroatoms. The normalized spacial score (nSPS) is 10.8. The minimum Gasteiger partial charge on any atom is -0.372 e. The second kappa shape index (κ2) is 4.85. The number of benzene rings is 1. The van der Waals surface area contributed by atoms with Crippen molar-refractivity contribution in [1.82, 2.24) is 19.7 Å². The van der Waals surface area contributed by atoms with Crippen molar-refractivity contribution in [3.05, 3.63) is 47.4 Å². The zero-order chi connectivity index (χ0) is 13.2. The maximum Gasteiger partial charge on any atom is 0.186 e. The van der Waals surface area contributed by atoms with E-state index in [1.54, 1.807) is 0 Å². The van der Waals surface area contributed by atoms with E-state index in [9.17, 15) is 0 Å². The van der Waals surface area contributed by atoms with E-state index in [0.717, 1.165) is 21.8 Å². The first kappa shape index (κ1) is 11.9. The molecule has 0 amide bonds. The van der Waals surface area contributed by atoms with Gasteiger partial charge in [-0.05, 0) is 11.6 Å². The van der Waals surface area contributed by atoms with Crippen LogP contribution in [0.3, 0.4) is 0 Å². The van der Waals surface area contributed by atoms with Gasteiger partial charge >= 0.3 is 0 Å². The number of fused-ring (bicyclic) bond motifs is 1. The van der Waals surface area contributed by atoms with Crippen molar-refractivity contribution < 1.29 is 0 Å². The Morgan fingerprint density at radius 3 is 2.89 bits per heavy atom. The second-order valence-corrected chi connectivity index (χ2v) is 4.53. The number of aromatic nitrogens is 4. The molecule has 2 heterocycles. The maximum atomic E-state index is 6.15. The lowest BCUT2D eigenvalue weighted by molar-refractivity contribution is 0.693. The molecule has 19 heavy (non-hydrogen) atoms. The summed E-state index contributed by atoms with van der Waals surface area (Å²) in [4.78, 5) is 8.32. The van der Waals surface area contributed by atoms with Gasteiger partial charge in [0.25, 0.3) is 0 Å². The van der Waals surface area contributed by atoms with E-state index in [1.165, 1.54) is 6.33 Å². The number of hydrogen-bond acceptors (Lipinski definition) is 4. The molecule has 0 aliphatic carbocycles. The summed E-state index contributed by atoms with van der Waals surface area (Å²) in [5.41, 5.74) is 1.70. The summed E-state index contributed by atoms with van der Waals surface area (Å²) in [6, 6.07) is 7.73. The van der Waals surface area contributed by atoms with Crippen molar-refractivity contribution in [3.63, 3.8) is 0 Å². The van der Waals surface area contributed by atoms with Crippen LogP contribution in [0.2, 0.25) is 5.02 Å². The van der Waals surface area contributed by atoms with E-state index < -0.39 is 0 Å². The molecule has 0 bridgehead atoms. The van der Waals surface area contributed by atoms with E-state index in [1.807, 2.05) is 42.2 Å². The monoisotopic (exact) mass is 273 g/mol. The molecular weight excluding hydrogens is 262 g/mol. The number of nitrogens with zero attached hydrogens (tertiary/aromatic N) is 4. The molecule has 0 saturated heterocycles. The Morgan fingerprint density at radius 2 is 2.11 bits per heavy atom. The second-order valence-electron chi connectivity index (χ2n) is 4.13. The standard InChI is InChI=1S/C13H12ClN5/c1-15-12-10-7-19(18-13(10)17-8-16-12)6-9-4-2-3-5-11(9)14/h2-5,7-8H,6H2,1H3,(H,15,16,17,18). The van der Waals surface area contributed by atoms with Gasteiger partial charge < -0.3 is 5.32 Å². The summed E-state index contributed by atoms with van der Waals surface area (Å²) in [7, 11) is 1.83. The summed E-state index contributed by atoms with van der Waals surface area (Å²) in [6.07, 6.45) is 3.42. The summed E-state index contributed by atoms with van der Waals surface area (Å²) in [6.45, 7) is 0.610. The fourth-order valence-electron chi connectivity index (χ4n) is 1.97. The van der Waals surface area contributed by atoms with Crippen LogP contribution in [0.4, 0.5) is 5.82 Å². The van der Waals surface area contributed by atoms with E-state index in [2.05, 4.69) is 20.4 Å². The minimum atomic E-state index is 0.610. The van der Waals surface area contributed by atoms with Crippen LogP contribution < -0.4 is 5.32 Å². The van der Waals surface area contributed by atoms with Gasteiger partial charge in [-0.25, -0.2) is 9.97 Å². The lowest BCUT2D eigenvalue weighted by atomic mass is 10.2. The largest absolute Gasteiger partial charge is 0.372 e. The summed E-state index contributed by atoms with van der Waals surface area (Å²) in [5.74, 6) is 0.774. The molecule has 96 valence electrons. The van der Waals surface area contributed by atoms with Crippen molar-refractivity contribution >= 4 is 28.5 Å². The molecule has 0 atom stereocenters. The summed E-state index contributed by atoms with van der Waals surface area (Å²) >= 11 is 6.15. The predicted molar refractivity (Wildman–Crippen MR) is 75.4 cm³/mol. The van der Waals surface area contributed by atoms with Gasteiger partial charge in [-0.1, -0.05) is 29.8 Å². The Bertz CT molecular complexity index is 722. The van der Waals surface area contributed by atoms with Crippen molar-refractivity contribution in [2.45, 2.75) is 6.54 Å². The molecule has 2 aromatic heterocycles. The first-order valence-corrected chi connectivity index (χ1v) is 6.25. The first-order valence-electron chi connectivity index (χ1n) is 5.87. The van der Waals surface area contributed by atoms with Crippen molar-refractivity contribution in [3.8, 4) is 0 Å². The number of nitrogens with one attached hydrogen (secondary N) is 1. The van der Waals surface area contributed by atoms with Gasteiger partial charge in [0.05, 0.1) is 11.9 Å². The van der Waals surface area contributed by atoms with Crippen molar-refractivity contribution in [2.75, 3.05) is 12.4 Å². The van der Waals surface area contributed by atoms with Gasteiger partial charge in [0, 0.05) is 18.3 Å². The van der Waals surface area contributed by atoms with Crippen LogP contribution in [0.25, 0.3) is 11.0 Å². The topological polar surface area (TPSA) is 55.6 Å². The molecule has 0 saturated carbocycles. The zero-order valence-electron chi connectivity index (χ0n) is 10.3. The molecule has 1 aromatic carbocycles. The Labute approximate surface area is 115 Å². The fourth-order valence-corrected chi connectivity index (χ4v) is 2.16. The average molecular weight is 274 g/mol. The van der Waals surface area contributed by atoms with E-state index in [-0.39, 0.29) is 0 Å². The lowest BCUT2D eigenvalue weighted by Gasteiger charge is -2.03. The van der Waals surface area contributed by atoms with Gasteiger partial charge in [0.15, 0.2) is 5.65 Å². The third kappa shape index (κ3) is 2.24. The third-order valence-electron chi connectivity index (χ3n) is 2.89. The van der Waals surface area contributed by atoms with Gasteiger partial charge in [-0.3, -0.25) is 4.68 Å². The minimum absolute atomic E-state index is 0.610. The smallest absolute Gasteiger partial charge is 0.186 e. The van der Waals surface area contributed by atoms with Gasteiger partial charge in [0.2, 0.25) is 0 Å². The number of hydrogen-bond donors (Lipinski definition) is 1. The quantitative estimate of drug-likeness (QED) is 0.797. The molecule has 0 aliphatic rings. The van der Waals surface area contributed by atoms with Crippen LogP contribution in [0, 0.1) is 0 Å². The maximum absolute atomic E-state index is 6.15. The molecule has 0 fully saturated rings. The Morgan fingerprint density at radius 1 is 1.26 bits per heavy atom. The highest BCUT2D eigenvalue weighted by Gasteiger charge is 2.08. The Hall–Kier alpha value is -2.14. The molecule has 0 radical (unpaired) electrons. The van der Waals surface area contributed by atoms with Crippen LogP contribution >= 0.6 is 11.6 Å². The van der Waals surface area contributed by atoms with E-state index in [0.29, 0.717) is 12.2 Å². The molecule has 0 aliphatic heterocycles. The zero-order valence-corrected chi connectivity index (χ0v) is 11.1. The van der Waals surface area contributed by atoms with E-state index >= 15 is 0 Å². The Kier molecular flexibility index (Phi) is 3.05. The first-order chi connectivity index (χ1) is 9.28. The van der Waals surface area contributed by atoms with Crippen molar-refractivity contribution in [1.29, 1.82) is 0 Å². The SMILES string of the molecule is CNc1ncnc2nn(Cc3ccccc3Cl)cc12. The Balaban J connectivity index is 2.00. The van der Waals surface area contributed by atoms with Crippen LogP contribution in [-0.4, -0.2) is 26.8 Å². The molecule has 1 N–H and O–H groups in total. The highest BCUT2D eigenvalue weighted by Crippen LogP contribution is 2.20.